The van der Waals surface area contributed by atoms with Crippen LogP contribution in [0.2, 0.25) is 0 Å². The third-order valence-corrected chi connectivity index (χ3v) is 6.43. The second-order valence-electron chi connectivity index (χ2n) is 8.71. The molecule has 0 radical (unpaired) electrons. The normalized spacial score (nSPS) is 21.1. The monoisotopic (exact) mass is 575 g/mol. The number of hydrogen-bond acceptors (Lipinski definition) is 6. The van der Waals surface area contributed by atoms with Crippen LogP contribution in [0.3, 0.4) is 0 Å². The van der Waals surface area contributed by atoms with E-state index in [4.69, 9.17) is 14.2 Å². The average Bonchev–Trinajstić information content (AvgIpc) is 2.83. The van der Waals surface area contributed by atoms with Gasteiger partial charge in [0.1, 0.15) is 0 Å². The van der Waals surface area contributed by atoms with Crippen LogP contribution in [0.1, 0.15) is 31.4 Å². The number of halogens is 1. The van der Waals surface area contributed by atoms with Gasteiger partial charge in [0.15, 0.2) is 17.5 Å². The molecule has 9 heteroatoms. The lowest BCUT2D eigenvalue weighted by Crippen LogP contribution is -2.47. The number of piperidine rings is 1. The number of hydrogen-bond donors (Lipinski definition) is 2. The molecule has 0 aliphatic carbocycles. The zero-order valence-corrected chi connectivity index (χ0v) is 23.0. The van der Waals surface area contributed by atoms with Crippen LogP contribution >= 0.6 is 24.0 Å². The lowest BCUT2D eigenvalue weighted by molar-refractivity contribution is 0.0169. The molecule has 8 nitrogen and oxygen atoms in total. The summed E-state index contributed by atoms with van der Waals surface area (Å²) >= 11 is 0. The van der Waals surface area contributed by atoms with E-state index in [2.05, 4.69) is 44.5 Å². The van der Waals surface area contributed by atoms with Crippen molar-refractivity contribution in [3.05, 3.63) is 23.8 Å². The van der Waals surface area contributed by atoms with Gasteiger partial charge in [0.2, 0.25) is 0 Å². The maximum atomic E-state index is 5.58. The number of benzene rings is 1. The Balaban J connectivity index is 0.00000385. The Morgan fingerprint density at radius 2 is 1.91 bits per heavy atom. The summed E-state index contributed by atoms with van der Waals surface area (Å²) in [6, 6.07) is 6.36. The van der Waals surface area contributed by atoms with E-state index in [-0.39, 0.29) is 30.0 Å². The van der Waals surface area contributed by atoms with Gasteiger partial charge in [-0.2, -0.15) is 0 Å². The zero-order valence-electron chi connectivity index (χ0n) is 20.6. The summed E-state index contributed by atoms with van der Waals surface area (Å²) in [4.78, 5) is 9.45. The van der Waals surface area contributed by atoms with Crippen molar-refractivity contribution in [1.29, 1.82) is 0 Å². The third kappa shape index (κ3) is 8.45. The Hall–Kier alpha value is -1.30. The quantitative estimate of drug-likeness (QED) is 0.267. The van der Waals surface area contributed by atoms with Crippen molar-refractivity contribution < 1.29 is 14.2 Å². The van der Waals surface area contributed by atoms with Gasteiger partial charge < -0.3 is 29.7 Å². The molecular formula is C24H42IN5O3. The highest BCUT2D eigenvalue weighted by atomic mass is 127. The fourth-order valence-electron chi connectivity index (χ4n) is 4.64. The topological polar surface area (TPSA) is 70.6 Å². The summed E-state index contributed by atoms with van der Waals surface area (Å²) < 4.78 is 16.6. The van der Waals surface area contributed by atoms with E-state index in [9.17, 15) is 0 Å². The molecule has 2 atom stereocenters. The molecule has 2 fully saturated rings. The largest absolute Gasteiger partial charge is 0.493 e. The molecule has 1 aromatic rings. The number of guanidine groups is 1. The van der Waals surface area contributed by atoms with Crippen molar-refractivity contribution in [1.82, 2.24) is 20.4 Å². The molecule has 2 aliphatic heterocycles. The summed E-state index contributed by atoms with van der Waals surface area (Å²) in [5.41, 5.74) is 1.19. The molecule has 1 aromatic carbocycles. The van der Waals surface area contributed by atoms with E-state index in [0.29, 0.717) is 0 Å². The van der Waals surface area contributed by atoms with Crippen molar-refractivity contribution in [3.63, 3.8) is 0 Å². The Labute approximate surface area is 216 Å². The number of likely N-dealkylation sites (tertiary alicyclic amines) is 1. The summed E-state index contributed by atoms with van der Waals surface area (Å²) in [7, 11) is 5.18. The number of methoxy groups -OCH3 is 2. The Kier molecular flexibility index (Phi) is 12.6. The molecule has 3 rings (SSSR count). The number of nitrogens with one attached hydrogen (secondary N) is 2. The second kappa shape index (κ2) is 14.9. The highest BCUT2D eigenvalue weighted by Gasteiger charge is 2.24. The van der Waals surface area contributed by atoms with Crippen LogP contribution in [-0.2, 0) is 4.74 Å². The number of ether oxygens (including phenoxy) is 3. The third-order valence-electron chi connectivity index (χ3n) is 6.43. The van der Waals surface area contributed by atoms with Crippen molar-refractivity contribution in [2.24, 2.45) is 10.9 Å². The van der Waals surface area contributed by atoms with E-state index >= 15 is 0 Å². The van der Waals surface area contributed by atoms with Gasteiger partial charge in [0.05, 0.1) is 33.5 Å². The maximum Gasteiger partial charge on any atom is 0.191 e. The van der Waals surface area contributed by atoms with E-state index in [1.54, 1.807) is 14.2 Å². The highest BCUT2D eigenvalue weighted by Crippen LogP contribution is 2.32. The van der Waals surface area contributed by atoms with Crippen LogP contribution in [0.4, 0.5) is 0 Å². The van der Waals surface area contributed by atoms with Crippen LogP contribution in [0.25, 0.3) is 0 Å². The molecule has 33 heavy (non-hydrogen) atoms. The zero-order chi connectivity index (χ0) is 22.8. The average molecular weight is 576 g/mol. The maximum absolute atomic E-state index is 5.58. The van der Waals surface area contributed by atoms with Crippen LogP contribution in [0.5, 0.6) is 11.5 Å². The molecule has 2 unspecified atom stereocenters. The van der Waals surface area contributed by atoms with E-state index in [1.165, 1.54) is 31.5 Å². The van der Waals surface area contributed by atoms with Gasteiger partial charge in [0.25, 0.3) is 0 Å². The van der Waals surface area contributed by atoms with Gasteiger partial charge >= 0.3 is 0 Å². The Morgan fingerprint density at radius 3 is 2.58 bits per heavy atom. The Bertz CT molecular complexity index is 730. The first-order chi connectivity index (χ1) is 15.6. The lowest BCUT2D eigenvalue weighted by Gasteiger charge is -2.35. The number of aliphatic imine (C=N–C) groups is 1. The minimum absolute atomic E-state index is 0. The van der Waals surface area contributed by atoms with Gasteiger partial charge in [-0.15, -0.1) is 24.0 Å². The van der Waals surface area contributed by atoms with Crippen LogP contribution in [0, 0.1) is 5.92 Å². The van der Waals surface area contributed by atoms with Gasteiger partial charge in [-0.25, -0.2) is 0 Å². The number of nitrogens with zero attached hydrogens (tertiary/aromatic N) is 3. The number of morpholine rings is 1. The van der Waals surface area contributed by atoms with Gasteiger partial charge in [-0.3, -0.25) is 9.89 Å². The van der Waals surface area contributed by atoms with E-state index in [1.807, 2.05) is 13.1 Å². The summed E-state index contributed by atoms with van der Waals surface area (Å²) in [6.07, 6.45) is 2.66. The van der Waals surface area contributed by atoms with Crippen molar-refractivity contribution in [2.45, 2.75) is 25.8 Å². The van der Waals surface area contributed by atoms with Crippen LogP contribution < -0.4 is 20.1 Å². The first kappa shape index (κ1) is 27.9. The van der Waals surface area contributed by atoms with Crippen molar-refractivity contribution in [3.8, 4) is 11.5 Å². The SMILES string of the molecule is CN=C(NCCN1CCCC(C)C1)NCC(c1ccc(OC)c(OC)c1)N1CCOCC1.I. The van der Waals surface area contributed by atoms with Crippen LogP contribution in [-0.4, -0.2) is 96.1 Å². The molecule has 2 heterocycles. The number of rotatable bonds is 9. The molecule has 0 amide bonds. The van der Waals surface area contributed by atoms with Crippen molar-refractivity contribution in [2.75, 3.05) is 80.3 Å². The van der Waals surface area contributed by atoms with Gasteiger partial charge in [-0.1, -0.05) is 13.0 Å². The predicted molar refractivity (Wildman–Crippen MR) is 144 cm³/mol. The Morgan fingerprint density at radius 1 is 1.15 bits per heavy atom. The molecule has 0 spiro atoms. The van der Waals surface area contributed by atoms with Gasteiger partial charge in [-0.05, 0) is 43.0 Å². The van der Waals surface area contributed by atoms with E-state index in [0.717, 1.165) is 69.3 Å². The fourth-order valence-corrected chi connectivity index (χ4v) is 4.64. The molecule has 188 valence electrons. The van der Waals surface area contributed by atoms with Gasteiger partial charge in [0, 0.05) is 46.3 Å². The minimum atomic E-state index is 0. The first-order valence-corrected chi connectivity index (χ1v) is 11.8. The molecule has 0 saturated carbocycles. The molecule has 0 bridgehead atoms. The summed E-state index contributed by atoms with van der Waals surface area (Å²) in [5, 5.41) is 7.04. The smallest absolute Gasteiger partial charge is 0.191 e. The van der Waals surface area contributed by atoms with Crippen molar-refractivity contribution >= 4 is 29.9 Å². The summed E-state index contributed by atoms with van der Waals surface area (Å²) in [6.45, 7) is 10.8. The molecular weight excluding hydrogens is 533 g/mol. The lowest BCUT2D eigenvalue weighted by atomic mass is 10.0. The summed E-state index contributed by atoms with van der Waals surface area (Å²) in [5.74, 6) is 3.14. The fraction of sp³-hybridized carbons (Fsp3) is 0.708. The minimum Gasteiger partial charge on any atom is -0.493 e. The highest BCUT2D eigenvalue weighted by molar-refractivity contribution is 14.0. The second-order valence-corrected chi connectivity index (χ2v) is 8.71. The molecule has 2 N–H and O–H groups in total. The first-order valence-electron chi connectivity index (χ1n) is 11.8. The van der Waals surface area contributed by atoms with E-state index < -0.39 is 0 Å². The van der Waals surface area contributed by atoms with Crippen LogP contribution in [0.15, 0.2) is 23.2 Å². The predicted octanol–water partition coefficient (Wildman–Crippen LogP) is 2.59. The molecule has 2 aliphatic rings. The molecule has 0 aromatic heterocycles. The molecule has 2 saturated heterocycles. The standard InChI is InChI=1S/C24H41N5O3.HI/c1-19-6-5-10-28(18-19)11-9-26-24(25-2)27-17-21(29-12-14-32-15-13-29)20-7-8-22(30-3)23(16-20)31-4;/h7-8,16,19,21H,5-6,9-15,17-18H2,1-4H3,(H2,25,26,27);1H.